The molecule has 0 aliphatic carbocycles. The molecule has 2 aromatic carbocycles. The van der Waals surface area contributed by atoms with Crippen molar-refractivity contribution in [3.8, 4) is 0 Å². The Hall–Kier alpha value is -1.98. The third-order valence-corrected chi connectivity index (χ3v) is 3.48. The molecule has 0 radical (unpaired) electrons. The predicted octanol–water partition coefficient (Wildman–Crippen LogP) is 2.95. The highest BCUT2D eigenvalue weighted by Gasteiger charge is 2.11. The van der Waals surface area contributed by atoms with Crippen molar-refractivity contribution >= 4 is 29.0 Å². The van der Waals surface area contributed by atoms with Gasteiger partial charge in [-0.2, -0.15) is 0 Å². The van der Waals surface area contributed by atoms with Gasteiger partial charge in [0.05, 0.1) is 16.9 Å². The summed E-state index contributed by atoms with van der Waals surface area (Å²) in [4.78, 5) is 13.3. The highest BCUT2D eigenvalue weighted by Crippen LogP contribution is 2.25. The number of para-hydroxylation sites is 2. The van der Waals surface area contributed by atoms with E-state index in [9.17, 15) is 4.79 Å². The molecule has 0 saturated heterocycles. The molecule has 4 nitrogen and oxygen atoms in total. The van der Waals surface area contributed by atoms with E-state index < -0.39 is 0 Å². The molecule has 0 unspecified atom stereocenters. The second-order valence-electron chi connectivity index (χ2n) is 3.84. The Bertz CT molecular complexity index is 586. The zero-order chi connectivity index (χ0) is 13.7. The molecule has 0 aromatic heterocycles. The zero-order valence-corrected chi connectivity index (χ0v) is 11.3. The largest absolute Gasteiger partial charge is 0.323 e. The smallest absolute Gasteiger partial charge is 0.257 e. The molecule has 19 heavy (non-hydrogen) atoms. The van der Waals surface area contributed by atoms with Crippen LogP contribution >= 0.6 is 11.8 Å². The zero-order valence-electron chi connectivity index (χ0n) is 10.5. The quantitative estimate of drug-likeness (QED) is 0.455. The first-order valence-electron chi connectivity index (χ1n) is 5.76. The molecule has 2 aromatic rings. The molecule has 1 amide bonds. The van der Waals surface area contributed by atoms with Gasteiger partial charge in [-0.25, -0.2) is 0 Å². The van der Waals surface area contributed by atoms with Crippen molar-refractivity contribution in [2.45, 2.75) is 4.90 Å². The van der Waals surface area contributed by atoms with E-state index in [1.54, 1.807) is 30.0 Å². The van der Waals surface area contributed by atoms with Gasteiger partial charge < -0.3 is 10.7 Å². The van der Waals surface area contributed by atoms with Crippen LogP contribution in [0.1, 0.15) is 10.4 Å². The Morgan fingerprint density at radius 3 is 2.37 bits per heavy atom. The molecular weight excluding hydrogens is 258 g/mol. The monoisotopic (exact) mass is 273 g/mol. The summed E-state index contributed by atoms with van der Waals surface area (Å²) in [6, 6.07) is 14.8. The van der Waals surface area contributed by atoms with E-state index in [2.05, 4.69) is 10.7 Å². The second kappa shape index (κ2) is 6.26. The molecular formula is C14H15N3OS. The van der Waals surface area contributed by atoms with Gasteiger partial charge in [0.25, 0.3) is 5.91 Å². The van der Waals surface area contributed by atoms with Crippen LogP contribution in [0.15, 0.2) is 53.4 Å². The van der Waals surface area contributed by atoms with Crippen LogP contribution in [-0.4, -0.2) is 12.2 Å². The van der Waals surface area contributed by atoms with Gasteiger partial charge in [0.1, 0.15) is 0 Å². The Morgan fingerprint density at radius 1 is 1.05 bits per heavy atom. The highest BCUT2D eigenvalue weighted by atomic mass is 32.2. The standard InChI is InChI=1S/C14H15N3OS/c1-19-13-9-5-4-8-12(13)16-14(18)10-6-2-3-7-11(10)17-15/h2-9,17H,15H2,1H3,(H,16,18). The predicted molar refractivity (Wildman–Crippen MR) is 80.4 cm³/mol. The second-order valence-corrected chi connectivity index (χ2v) is 4.69. The number of carbonyl (C=O) groups is 1. The summed E-state index contributed by atoms with van der Waals surface area (Å²) in [5.74, 6) is 5.22. The van der Waals surface area contributed by atoms with Crippen molar-refractivity contribution in [3.05, 3.63) is 54.1 Å². The molecule has 4 N–H and O–H groups in total. The molecule has 0 fully saturated rings. The maximum atomic E-state index is 12.2. The molecule has 0 aliphatic heterocycles. The number of carbonyl (C=O) groups excluding carboxylic acids is 1. The minimum atomic E-state index is -0.185. The number of hydrogen-bond acceptors (Lipinski definition) is 4. The Labute approximate surface area is 116 Å². The van der Waals surface area contributed by atoms with Gasteiger partial charge in [0, 0.05) is 4.90 Å². The van der Waals surface area contributed by atoms with Crippen molar-refractivity contribution in [3.63, 3.8) is 0 Å². The third-order valence-electron chi connectivity index (χ3n) is 2.68. The molecule has 0 bridgehead atoms. The fraction of sp³-hybridized carbons (Fsp3) is 0.0714. The van der Waals surface area contributed by atoms with Crippen LogP contribution in [0.5, 0.6) is 0 Å². The maximum Gasteiger partial charge on any atom is 0.257 e. The fourth-order valence-corrected chi connectivity index (χ4v) is 2.30. The number of nitrogens with one attached hydrogen (secondary N) is 2. The lowest BCUT2D eigenvalue weighted by Crippen LogP contribution is -2.17. The molecule has 0 spiro atoms. The van der Waals surface area contributed by atoms with Crippen molar-refractivity contribution in [2.75, 3.05) is 17.0 Å². The SMILES string of the molecule is CSc1ccccc1NC(=O)c1ccccc1NN. The normalized spacial score (nSPS) is 10.0. The summed E-state index contributed by atoms with van der Waals surface area (Å²) in [5.41, 5.74) is 4.44. The lowest BCUT2D eigenvalue weighted by molar-refractivity contribution is 0.102. The number of anilines is 2. The van der Waals surface area contributed by atoms with Gasteiger partial charge in [-0.05, 0) is 30.5 Å². The van der Waals surface area contributed by atoms with Crippen molar-refractivity contribution in [1.82, 2.24) is 0 Å². The van der Waals surface area contributed by atoms with Crippen LogP contribution in [0.2, 0.25) is 0 Å². The lowest BCUT2D eigenvalue weighted by atomic mass is 10.1. The van der Waals surface area contributed by atoms with Crippen LogP contribution in [0.3, 0.4) is 0 Å². The van der Waals surface area contributed by atoms with E-state index in [0.717, 1.165) is 10.6 Å². The van der Waals surface area contributed by atoms with Gasteiger partial charge in [-0.15, -0.1) is 11.8 Å². The van der Waals surface area contributed by atoms with Crippen molar-refractivity contribution < 1.29 is 4.79 Å². The number of thioether (sulfide) groups is 1. The summed E-state index contributed by atoms with van der Waals surface area (Å²) in [7, 11) is 0. The van der Waals surface area contributed by atoms with Crippen LogP contribution in [0.4, 0.5) is 11.4 Å². The van der Waals surface area contributed by atoms with E-state index in [1.807, 2.05) is 36.6 Å². The number of amides is 1. The first-order chi connectivity index (χ1) is 9.26. The summed E-state index contributed by atoms with van der Waals surface area (Å²) in [6.07, 6.45) is 1.97. The van der Waals surface area contributed by atoms with E-state index in [1.165, 1.54) is 0 Å². The van der Waals surface area contributed by atoms with E-state index >= 15 is 0 Å². The first kappa shape index (κ1) is 13.5. The number of benzene rings is 2. The molecule has 0 saturated carbocycles. The number of hydrogen-bond donors (Lipinski definition) is 3. The van der Waals surface area contributed by atoms with Crippen LogP contribution in [-0.2, 0) is 0 Å². The molecule has 5 heteroatoms. The summed E-state index contributed by atoms with van der Waals surface area (Å²) < 4.78 is 0. The van der Waals surface area contributed by atoms with Gasteiger partial charge in [0.2, 0.25) is 0 Å². The molecule has 0 heterocycles. The first-order valence-corrected chi connectivity index (χ1v) is 6.98. The van der Waals surface area contributed by atoms with Crippen LogP contribution in [0.25, 0.3) is 0 Å². The van der Waals surface area contributed by atoms with Crippen molar-refractivity contribution in [1.29, 1.82) is 0 Å². The van der Waals surface area contributed by atoms with Crippen LogP contribution in [0, 0.1) is 0 Å². The average molecular weight is 273 g/mol. The van der Waals surface area contributed by atoms with Crippen LogP contribution < -0.4 is 16.6 Å². The van der Waals surface area contributed by atoms with Crippen molar-refractivity contribution in [2.24, 2.45) is 5.84 Å². The minimum Gasteiger partial charge on any atom is -0.323 e. The van der Waals surface area contributed by atoms with Gasteiger partial charge in [-0.1, -0.05) is 24.3 Å². The molecule has 0 atom stereocenters. The van der Waals surface area contributed by atoms with Gasteiger partial charge in [-0.3, -0.25) is 10.6 Å². The van der Waals surface area contributed by atoms with E-state index in [4.69, 9.17) is 5.84 Å². The fourth-order valence-electron chi connectivity index (χ4n) is 1.74. The molecule has 2 rings (SSSR count). The average Bonchev–Trinajstić information content (AvgIpc) is 2.47. The van der Waals surface area contributed by atoms with Gasteiger partial charge in [0.15, 0.2) is 0 Å². The summed E-state index contributed by atoms with van der Waals surface area (Å²) >= 11 is 1.59. The molecule has 0 aliphatic rings. The number of hydrazine groups is 1. The highest BCUT2D eigenvalue weighted by molar-refractivity contribution is 7.98. The summed E-state index contributed by atoms with van der Waals surface area (Å²) in [5, 5.41) is 2.90. The molecule has 98 valence electrons. The maximum absolute atomic E-state index is 12.2. The summed E-state index contributed by atoms with van der Waals surface area (Å²) in [6.45, 7) is 0. The third kappa shape index (κ3) is 3.07. The lowest BCUT2D eigenvalue weighted by Gasteiger charge is -2.11. The Kier molecular flexibility index (Phi) is 4.43. The number of rotatable bonds is 4. The van der Waals surface area contributed by atoms with E-state index in [-0.39, 0.29) is 5.91 Å². The van der Waals surface area contributed by atoms with Gasteiger partial charge >= 0.3 is 0 Å². The topological polar surface area (TPSA) is 67.2 Å². The number of nitrogens with two attached hydrogens (primary N) is 1. The number of nitrogen functional groups attached to an aromatic ring is 1. The minimum absolute atomic E-state index is 0.185. The van der Waals surface area contributed by atoms with E-state index in [0.29, 0.717) is 11.3 Å². The Balaban J connectivity index is 2.26. The Morgan fingerprint density at radius 2 is 1.68 bits per heavy atom.